The third kappa shape index (κ3) is 9.53. The molecule has 9 heteroatoms. The van der Waals surface area contributed by atoms with Crippen LogP contribution in [0.5, 0.6) is 5.75 Å². The summed E-state index contributed by atoms with van der Waals surface area (Å²) in [5.74, 6) is -1.84. The fraction of sp³-hybridized carbons (Fsp3) is 0.395. The Labute approximate surface area is 278 Å². The molecule has 1 aliphatic heterocycles. The molecule has 0 bridgehead atoms. The minimum Gasteiger partial charge on any atom is -0.508 e. The first-order valence-electron chi connectivity index (χ1n) is 16.3. The third-order valence-electron chi connectivity index (χ3n) is 8.76. The minimum absolute atomic E-state index is 0.0583. The van der Waals surface area contributed by atoms with Gasteiger partial charge in [-0.2, -0.15) is 0 Å². The first-order chi connectivity index (χ1) is 22.5. The van der Waals surface area contributed by atoms with Gasteiger partial charge in [-0.15, -0.1) is 6.58 Å². The van der Waals surface area contributed by atoms with Crippen molar-refractivity contribution in [3.8, 4) is 5.75 Å². The smallest absolute Gasteiger partial charge is 0.326 e. The lowest BCUT2D eigenvalue weighted by molar-refractivity contribution is -0.142. The number of phenols is 1. The van der Waals surface area contributed by atoms with Crippen LogP contribution in [0.1, 0.15) is 67.2 Å². The summed E-state index contributed by atoms with van der Waals surface area (Å²) in [6.45, 7) is 14.6. The molecule has 4 N–H and O–H groups in total. The molecule has 9 nitrogen and oxygen atoms in total. The molecule has 1 heterocycles. The Bertz CT molecular complexity index is 1510. The first-order valence-corrected chi connectivity index (χ1v) is 16.3. The van der Waals surface area contributed by atoms with E-state index in [0.717, 1.165) is 36.3 Å². The number of aliphatic carboxylic acids is 1. The number of benzene rings is 3. The number of carboxylic acid groups (broad SMARTS) is 1. The highest BCUT2D eigenvalue weighted by atomic mass is 16.4. The molecule has 0 radical (unpaired) electrons. The van der Waals surface area contributed by atoms with Gasteiger partial charge in [0.25, 0.3) is 5.91 Å². The molecule has 0 spiro atoms. The molecule has 1 aliphatic rings. The van der Waals surface area contributed by atoms with Crippen LogP contribution in [0.2, 0.25) is 0 Å². The Morgan fingerprint density at radius 1 is 0.894 bits per heavy atom. The van der Waals surface area contributed by atoms with E-state index in [4.69, 9.17) is 0 Å². The second-order valence-corrected chi connectivity index (χ2v) is 13.0. The van der Waals surface area contributed by atoms with Crippen LogP contribution in [0.4, 0.5) is 0 Å². The lowest BCUT2D eigenvalue weighted by Crippen LogP contribution is -2.57. The molecule has 0 aliphatic carbocycles. The van der Waals surface area contributed by atoms with Gasteiger partial charge in [0, 0.05) is 43.7 Å². The average molecular weight is 641 g/mol. The van der Waals surface area contributed by atoms with Crippen molar-refractivity contribution in [2.24, 2.45) is 5.92 Å². The second kappa shape index (κ2) is 16.4. The van der Waals surface area contributed by atoms with Gasteiger partial charge in [-0.1, -0.05) is 74.5 Å². The van der Waals surface area contributed by atoms with Crippen LogP contribution in [0, 0.1) is 5.92 Å². The predicted molar refractivity (Wildman–Crippen MR) is 184 cm³/mol. The molecule has 0 aromatic heterocycles. The van der Waals surface area contributed by atoms with Crippen LogP contribution in [-0.2, 0) is 16.0 Å². The Balaban J connectivity index is 1.58. The first kappa shape index (κ1) is 35.4. The monoisotopic (exact) mass is 640 g/mol. The quantitative estimate of drug-likeness (QED) is 0.183. The number of hydrogen-bond acceptors (Lipinski definition) is 6. The van der Waals surface area contributed by atoms with E-state index in [9.17, 15) is 24.6 Å². The van der Waals surface area contributed by atoms with Crippen LogP contribution in [0.3, 0.4) is 0 Å². The zero-order valence-corrected chi connectivity index (χ0v) is 27.8. The molecule has 1 saturated heterocycles. The Morgan fingerprint density at radius 2 is 1.60 bits per heavy atom. The highest BCUT2D eigenvalue weighted by Gasteiger charge is 2.35. The fourth-order valence-corrected chi connectivity index (χ4v) is 6.36. The predicted octanol–water partition coefficient (Wildman–Crippen LogP) is 5.02. The standard InChI is InChI=1S/C38H48N4O5/c1-6-19-41-23-27(5)42(24-26(41)4)35(31-13-10-14-32(43)22-31)29-15-17-30(18-16-29)36(44)39-33(21-28-11-8-7-9-12-28)37(45)40-34(38(46)47)20-25(2)3/h6-18,22,25-27,33-35,43H,1,19-21,23-24H2,2-5H3,(H,39,44)(H,40,45)(H,46,47)/t26-,27+,33+,34+,35-/m1/s1. The highest BCUT2D eigenvalue weighted by molar-refractivity contribution is 5.98. The number of rotatable bonds is 14. The summed E-state index contributed by atoms with van der Waals surface area (Å²) < 4.78 is 0. The minimum atomic E-state index is -1.11. The van der Waals surface area contributed by atoms with Crippen molar-refractivity contribution in [3.63, 3.8) is 0 Å². The number of carbonyl (C=O) groups is 3. The van der Waals surface area contributed by atoms with E-state index >= 15 is 0 Å². The average Bonchev–Trinajstić information content (AvgIpc) is 3.03. The van der Waals surface area contributed by atoms with Crippen molar-refractivity contribution in [2.45, 2.75) is 70.7 Å². The van der Waals surface area contributed by atoms with E-state index < -0.39 is 29.9 Å². The molecule has 2 amide bonds. The van der Waals surface area contributed by atoms with Crippen molar-refractivity contribution >= 4 is 17.8 Å². The maximum absolute atomic E-state index is 13.6. The molecule has 3 aromatic carbocycles. The molecule has 47 heavy (non-hydrogen) atoms. The molecular weight excluding hydrogens is 592 g/mol. The maximum atomic E-state index is 13.6. The number of phenolic OH excluding ortho intramolecular Hbond substituents is 1. The van der Waals surface area contributed by atoms with Crippen molar-refractivity contribution in [1.29, 1.82) is 0 Å². The molecule has 0 unspecified atom stereocenters. The van der Waals surface area contributed by atoms with Gasteiger partial charge >= 0.3 is 5.97 Å². The topological polar surface area (TPSA) is 122 Å². The summed E-state index contributed by atoms with van der Waals surface area (Å²) in [4.78, 5) is 43.7. The van der Waals surface area contributed by atoms with Gasteiger partial charge in [0.05, 0.1) is 6.04 Å². The van der Waals surface area contributed by atoms with Crippen molar-refractivity contribution < 1.29 is 24.6 Å². The Morgan fingerprint density at radius 3 is 2.21 bits per heavy atom. The maximum Gasteiger partial charge on any atom is 0.326 e. The zero-order chi connectivity index (χ0) is 34.1. The van der Waals surface area contributed by atoms with Crippen LogP contribution in [0.15, 0.2) is 91.5 Å². The molecule has 1 fully saturated rings. The Hall–Kier alpha value is -4.47. The zero-order valence-electron chi connectivity index (χ0n) is 27.8. The number of nitrogens with zero attached hydrogens (tertiary/aromatic N) is 2. The number of amides is 2. The highest BCUT2D eigenvalue weighted by Crippen LogP contribution is 2.34. The van der Waals surface area contributed by atoms with Gasteiger partial charge < -0.3 is 20.8 Å². The fourth-order valence-electron chi connectivity index (χ4n) is 6.36. The van der Waals surface area contributed by atoms with Gasteiger partial charge in [0.2, 0.25) is 5.91 Å². The molecule has 3 aromatic rings. The normalized spacial score (nSPS) is 19.0. The van der Waals surface area contributed by atoms with Gasteiger partial charge in [-0.05, 0) is 67.1 Å². The van der Waals surface area contributed by atoms with E-state index in [1.165, 1.54) is 0 Å². The number of piperazine rings is 1. The molecule has 250 valence electrons. The van der Waals surface area contributed by atoms with Crippen LogP contribution < -0.4 is 10.6 Å². The number of carboxylic acids is 1. The summed E-state index contributed by atoms with van der Waals surface area (Å²) in [6.07, 6.45) is 2.41. The number of aromatic hydroxyl groups is 1. The van der Waals surface area contributed by atoms with E-state index in [1.807, 2.05) is 74.5 Å². The molecular formula is C38H48N4O5. The summed E-state index contributed by atoms with van der Waals surface area (Å²) in [5, 5.41) is 25.6. The van der Waals surface area contributed by atoms with Gasteiger partial charge in [0.15, 0.2) is 0 Å². The van der Waals surface area contributed by atoms with Crippen LogP contribution in [0.25, 0.3) is 0 Å². The molecule has 5 atom stereocenters. The van der Waals surface area contributed by atoms with E-state index in [0.29, 0.717) is 11.6 Å². The Kier molecular flexibility index (Phi) is 12.3. The lowest BCUT2D eigenvalue weighted by Gasteiger charge is -2.47. The van der Waals surface area contributed by atoms with Crippen molar-refractivity contribution in [1.82, 2.24) is 20.4 Å². The number of carbonyl (C=O) groups excluding carboxylic acids is 2. The van der Waals surface area contributed by atoms with Crippen LogP contribution >= 0.6 is 0 Å². The van der Waals surface area contributed by atoms with Crippen molar-refractivity contribution in [3.05, 3.63) is 114 Å². The summed E-state index contributed by atoms with van der Waals surface area (Å²) in [6, 6.07) is 22.3. The number of nitrogens with one attached hydrogen (secondary N) is 2. The van der Waals surface area contributed by atoms with E-state index in [2.05, 4.69) is 40.9 Å². The third-order valence-corrected chi connectivity index (χ3v) is 8.76. The van der Waals surface area contributed by atoms with Gasteiger partial charge in [-0.3, -0.25) is 19.4 Å². The second-order valence-electron chi connectivity index (χ2n) is 13.0. The van der Waals surface area contributed by atoms with Gasteiger partial charge in [-0.25, -0.2) is 4.79 Å². The summed E-state index contributed by atoms with van der Waals surface area (Å²) in [7, 11) is 0. The van der Waals surface area contributed by atoms with Crippen molar-refractivity contribution in [2.75, 3.05) is 19.6 Å². The molecule has 4 rings (SSSR count). The molecule has 0 saturated carbocycles. The SMILES string of the molecule is C=CCN1C[C@H](C)N([C@H](c2ccc(C(=O)N[C@@H](Cc3ccccc3)C(=O)N[C@@H](CC(C)C)C(=O)O)cc2)c2cccc(O)c2)C[C@H]1C. The van der Waals surface area contributed by atoms with E-state index in [1.54, 1.807) is 24.3 Å². The number of hydrogen-bond donors (Lipinski definition) is 4. The van der Waals surface area contributed by atoms with E-state index in [-0.39, 0.29) is 36.6 Å². The lowest BCUT2D eigenvalue weighted by atomic mass is 9.92. The van der Waals surface area contributed by atoms with Crippen LogP contribution in [-0.4, -0.2) is 81.6 Å². The van der Waals surface area contributed by atoms with Gasteiger partial charge in [0.1, 0.15) is 17.8 Å². The summed E-state index contributed by atoms with van der Waals surface area (Å²) in [5.41, 5.74) is 3.14. The largest absolute Gasteiger partial charge is 0.508 e. The summed E-state index contributed by atoms with van der Waals surface area (Å²) >= 11 is 0.